The maximum absolute atomic E-state index is 11.7. The van der Waals surface area contributed by atoms with Gasteiger partial charge < -0.3 is 24.6 Å². The molecule has 4 rings (SSSR count). The van der Waals surface area contributed by atoms with Crippen LogP contribution in [0.5, 0.6) is 11.5 Å². The van der Waals surface area contributed by atoms with Gasteiger partial charge in [-0.15, -0.1) is 0 Å². The Labute approximate surface area is 225 Å². The van der Waals surface area contributed by atoms with Crippen LogP contribution in [0, 0.1) is 17.8 Å². The Morgan fingerprint density at radius 3 is 1.82 bits per heavy atom. The zero-order chi connectivity index (χ0) is 27.3. The molecule has 2 N–H and O–H groups in total. The monoisotopic (exact) mass is 517 g/mol. The molecule has 0 aliphatic heterocycles. The van der Waals surface area contributed by atoms with Gasteiger partial charge in [0.2, 0.25) is 5.91 Å². The van der Waals surface area contributed by atoms with E-state index >= 15 is 0 Å². The Bertz CT molecular complexity index is 1130. The predicted octanol–water partition coefficient (Wildman–Crippen LogP) is 5.17. The molecule has 3 aromatic rings. The summed E-state index contributed by atoms with van der Waals surface area (Å²) in [7, 11) is 3.31. The zero-order valence-electron chi connectivity index (χ0n) is 22.9. The number of carbonyl (C=O) groups is 1. The number of nitrogens with one attached hydrogen (secondary N) is 1. The molecule has 6 nitrogen and oxygen atoms in total. The number of rotatable bonds is 9. The minimum Gasteiger partial charge on any atom is -0.497 e. The maximum Gasteiger partial charge on any atom is 0.217 e. The third-order valence-corrected chi connectivity index (χ3v) is 8.16. The molecule has 202 valence electrons. The minimum atomic E-state index is -0.901. The van der Waals surface area contributed by atoms with Crippen LogP contribution in [0.15, 0.2) is 78.9 Å². The lowest BCUT2D eigenvalue weighted by Gasteiger charge is -2.45. The van der Waals surface area contributed by atoms with Crippen molar-refractivity contribution in [1.29, 1.82) is 0 Å². The van der Waals surface area contributed by atoms with Gasteiger partial charge in [-0.25, -0.2) is 0 Å². The average molecular weight is 518 g/mol. The number of hydrogen-bond acceptors (Lipinski definition) is 5. The minimum absolute atomic E-state index is 0.101. The number of benzene rings is 3. The van der Waals surface area contributed by atoms with Gasteiger partial charge in [-0.3, -0.25) is 4.79 Å². The number of amides is 1. The standard InChI is InChI=1S/C32H39NO5/c1-21-22(2)31(33-23(3)34)30(35)19-24(21)20-38-32(25-9-7-6-8-10-25,26-11-15-28(36-4)16-12-26)27-13-17-29(37-5)18-14-27/h6-18,21-22,24,30-31,35H,19-20H2,1-5H3,(H,33,34). The molecular formula is C32H39NO5. The van der Waals surface area contributed by atoms with Crippen LogP contribution in [0.4, 0.5) is 0 Å². The fraction of sp³-hybridized carbons (Fsp3) is 0.406. The van der Waals surface area contributed by atoms with Crippen molar-refractivity contribution in [2.75, 3.05) is 20.8 Å². The Balaban J connectivity index is 1.76. The SMILES string of the molecule is COc1ccc(C(OCC2CC(O)C(NC(C)=O)C(C)C2C)(c2ccccc2)c2ccc(OC)cc2)cc1. The summed E-state index contributed by atoms with van der Waals surface area (Å²) in [6.07, 6.45) is -0.0844. The van der Waals surface area contributed by atoms with E-state index in [4.69, 9.17) is 14.2 Å². The molecule has 0 saturated heterocycles. The second-order valence-corrected chi connectivity index (χ2v) is 10.3. The van der Waals surface area contributed by atoms with Crippen molar-refractivity contribution in [3.05, 3.63) is 95.6 Å². The number of ether oxygens (including phenoxy) is 3. The quantitative estimate of drug-likeness (QED) is 0.383. The first kappa shape index (κ1) is 27.7. The van der Waals surface area contributed by atoms with Crippen molar-refractivity contribution < 1.29 is 24.1 Å². The molecule has 38 heavy (non-hydrogen) atoms. The lowest BCUT2D eigenvalue weighted by Crippen LogP contribution is -2.54. The average Bonchev–Trinajstić information content (AvgIpc) is 2.95. The van der Waals surface area contributed by atoms with Crippen LogP contribution in [0.3, 0.4) is 0 Å². The van der Waals surface area contributed by atoms with Gasteiger partial charge in [0.05, 0.1) is 33.0 Å². The van der Waals surface area contributed by atoms with Crippen LogP contribution in [-0.4, -0.2) is 44.0 Å². The third-order valence-electron chi connectivity index (χ3n) is 8.16. The van der Waals surface area contributed by atoms with Crippen LogP contribution in [0.2, 0.25) is 0 Å². The van der Waals surface area contributed by atoms with Crippen molar-refractivity contribution in [2.24, 2.45) is 17.8 Å². The summed E-state index contributed by atoms with van der Waals surface area (Å²) in [4.78, 5) is 11.7. The molecule has 0 bridgehead atoms. The number of aliphatic hydroxyl groups is 1. The highest BCUT2D eigenvalue weighted by molar-refractivity contribution is 5.73. The summed E-state index contributed by atoms with van der Waals surface area (Å²) < 4.78 is 18.0. The van der Waals surface area contributed by atoms with Gasteiger partial charge in [-0.1, -0.05) is 68.4 Å². The Hall–Kier alpha value is -3.35. The highest BCUT2D eigenvalue weighted by Gasteiger charge is 2.43. The highest BCUT2D eigenvalue weighted by atomic mass is 16.5. The van der Waals surface area contributed by atoms with Crippen LogP contribution >= 0.6 is 0 Å². The third kappa shape index (κ3) is 5.57. The van der Waals surface area contributed by atoms with E-state index < -0.39 is 11.7 Å². The number of carbonyl (C=O) groups excluding carboxylic acids is 1. The first-order chi connectivity index (χ1) is 18.3. The first-order valence-corrected chi connectivity index (χ1v) is 13.2. The smallest absolute Gasteiger partial charge is 0.217 e. The van der Waals surface area contributed by atoms with Crippen molar-refractivity contribution in [1.82, 2.24) is 5.32 Å². The molecule has 3 aromatic carbocycles. The summed E-state index contributed by atoms with van der Waals surface area (Å²) in [6, 6.07) is 25.9. The van der Waals surface area contributed by atoms with E-state index in [0.717, 1.165) is 28.2 Å². The van der Waals surface area contributed by atoms with E-state index in [1.807, 2.05) is 66.7 Å². The van der Waals surface area contributed by atoms with Crippen LogP contribution in [0.1, 0.15) is 43.9 Å². The number of hydrogen-bond donors (Lipinski definition) is 2. The van der Waals surface area contributed by atoms with Crippen molar-refractivity contribution in [2.45, 2.75) is 44.9 Å². The summed E-state index contributed by atoms with van der Waals surface area (Å²) >= 11 is 0. The van der Waals surface area contributed by atoms with Gasteiger partial charge >= 0.3 is 0 Å². The molecule has 6 heteroatoms. The maximum atomic E-state index is 11.7. The summed E-state index contributed by atoms with van der Waals surface area (Å²) in [6.45, 7) is 6.21. The molecule has 1 aliphatic carbocycles. The molecule has 1 amide bonds. The summed E-state index contributed by atoms with van der Waals surface area (Å²) in [5.41, 5.74) is 2.05. The van der Waals surface area contributed by atoms with Crippen molar-refractivity contribution in [3.63, 3.8) is 0 Å². The molecule has 0 heterocycles. The summed E-state index contributed by atoms with van der Waals surface area (Å²) in [5, 5.41) is 13.9. The molecule has 0 aromatic heterocycles. The molecule has 5 atom stereocenters. The fourth-order valence-corrected chi connectivity index (χ4v) is 5.77. The van der Waals surface area contributed by atoms with Gasteiger partial charge in [0.1, 0.15) is 17.1 Å². The van der Waals surface area contributed by atoms with E-state index in [1.54, 1.807) is 14.2 Å². The molecule has 0 spiro atoms. The number of methoxy groups -OCH3 is 2. The molecule has 1 saturated carbocycles. The number of aliphatic hydroxyl groups excluding tert-OH is 1. The van der Waals surface area contributed by atoms with E-state index in [-0.39, 0.29) is 29.7 Å². The highest BCUT2D eigenvalue weighted by Crippen LogP contribution is 2.44. The van der Waals surface area contributed by atoms with Gasteiger partial charge in [-0.05, 0) is 65.1 Å². The lowest BCUT2D eigenvalue weighted by molar-refractivity contribution is -0.123. The van der Waals surface area contributed by atoms with Gasteiger partial charge in [0.15, 0.2) is 0 Å². The van der Waals surface area contributed by atoms with Crippen LogP contribution in [-0.2, 0) is 15.1 Å². The second-order valence-electron chi connectivity index (χ2n) is 10.3. The van der Waals surface area contributed by atoms with E-state index in [2.05, 4.69) is 31.3 Å². The van der Waals surface area contributed by atoms with Crippen LogP contribution in [0.25, 0.3) is 0 Å². The predicted molar refractivity (Wildman–Crippen MR) is 148 cm³/mol. The van der Waals surface area contributed by atoms with E-state index in [0.29, 0.717) is 13.0 Å². The first-order valence-electron chi connectivity index (χ1n) is 13.2. The Morgan fingerprint density at radius 2 is 1.34 bits per heavy atom. The van der Waals surface area contributed by atoms with E-state index in [1.165, 1.54) is 6.92 Å². The summed E-state index contributed by atoms with van der Waals surface area (Å²) in [5.74, 6) is 1.86. The fourth-order valence-electron chi connectivity index (χ4n) is 5.77. The Kier molecular flexibility index (Phi) is 8.75. The molecule has 1 aliphatic rings. The van der Waals surface area contributed by atoms with Gasteiger partial charge in [0.25, 0.3) is 0 Å². The second kappa shape index (κ2) is 12.0. The van der Waals surface area contributed by atoms with Crippen molar-refractivity contribution in [3.8, 4) is 11.5 Å². The Morgan fingerprint density at radius 1 is 0.842 bits per heavy atom. The van der Waals surface area contributed by atoms with Gasteiger partial charge in [0, 0.05) is 6.92 Å². The largest absolute Gasteiger partial charge is 0.497 e. The molecule has 0 radical (unpaired) electrons. The van der Waals surface area contributed by atoms with E-state index in [9.17, 15) is 9.90 Å². The van der Waals surface area contributed by atoms with Crippen molar-refractivity contribution >= 4 is 5.91 Å². The zero-order valence-corrected chi connectivity index (χ0v) is 22.9. The normalized spacial score (nSPS) is 23.5. The molecule has 1 fully saturated rings. The lowest BCUT2D eigenvalue weighted by atomic mass is 9.70. The van der Waals surface area contributed by atoms with Gasteiger partial charge in [-0.2, -0.15) is 0 Å². The molecular weight excluding hydrogens is 478 g/mol. The topological polar surface area (TPSA) is 77.0 Å². The molecule has 5 unspecified atom stereocenters. The van der Waals surface area contributed by atoms with Crippen LogP contribution < -0.4 is 14.8 Å².